The SMILES string of the molecule is CC(=O)NCCC(=O)O.NC(=O)NCCC(=O)O.NCCC(=O)O. The number of hydrogen-bond donors (Lipinski definition) is 7. The van der Waals surface area contributed by atoms with E-state index in [1.165, 1.54) is 6.92 Å². The molecule has 12 heteroatoms. The summed E-state index contributed by atoms with van der Waals surface area (Å²) in [5, 5.41) is 28.4. The number of carboxylic acids is 3. The zero-order valence-corrected chi connectivity index (χ0v) is 13.3. The van der Waals surface area contributed by atoms with Crippen LogP contribution in [0.25, 0.3) is 0 Å². The van der Waals surface area contributed by atoms with Crippen molar-refractivity contribution in [1.82, 2.24) is 10.6 Å². The summed E-state index contributed by atoms with van der Waals surface area (Å²) in [6.45, 7) is 1.88. The first kappa shape index (κ1) is 26.0. The van der Waals surface area contributed by atoms with Gasteiger partial charge in [0.05, 0.1) is 19.3 Å². The maximum Gasteiger partial charge on any atom is 0.312 e. The first-order valence-corrected chi connectivity index (χ1v) is 6.66. The molecule has 140 valence electrons. The van der Waals surface area contributed by atoms with E-state index < -0.39 is 23.9 Å². The van der Waals surface area contributed by atoms with E-state index in [4.69, 9.17) is 21.1 Å². The maximum atomic E-state index is 10.1. The predicted octanol–water partition coefficient (Wildman–Crippen LogP) is -1.85. The molecule has 0 spiro atoms. The van der Waals surface area contributed by atoms with Crippen molar-refractivity contribution in [2.45, 2.75) is 26.2 Å². The summed E-state index contributed by atoms with van der Waals surface area (Å²) in [6, 6.07) is -0.698. The minimum atomic E-state index is -0.955. The zero-order valence-electron chi connectivity index (χ0n) is 13.3. The zero-order chi connectivity index (χ0) is 19.5. The van der Waals surface area contributed by atoms with Gasteiger partial charge in [0.1, 0.15) is 0 Å². The molecule has 0 radical (unpaired) electrons. The monoisotopic (exact) mass is 352 g/mol. The maximum absolute atomic E-state index is 10.1. The summed E-state index contributed by atoms with van der Waals surface area (Å²) < 4.78 is 0. The van der Waals surface area contributed by atoms with E-state index in [9.17, 15) is 24.0 Å². The molecule has 0 saturated heterocycles. The molecule has 24 heavy (non-hydrogen) atoms. The number of urea groups is 1. The second-order valence-corrected chi connectivity index (χ2v) is 3.99. The Labute approximate surface area is 138 Å². The van der Waals surface area contributed by atoms with Crippen molar-refractivity contribution in [3.63, 3.8) is 0 Å². The third-order valence-electron chi connectivity index (χ3n) is 1.71. The van der Waals surface area contributed by atoms with Gasteiger partial charge in [-0.1, -0.05) is 0 Å². The van der Waals surface area contributed by atoms with Crippen LogP contribution in [0.1, 0.15) is 26.2 Å². The Kier molecular flexibility index (Phi) is 19.7. The lowest BCUT2D eigenvalue weighted by Crippen LogP contribution is -2.31. The Morgan fingerprint density at radius 1 is 0.792 bits per heavy atom. The number of nitrogens with one attached hydrogen (secondary N) is 2. The summed E-state index contributed by atoms with van der Waals surface area (Å²) in [6.07, 6.45) is -0.0392. The summed E-state index contributed by atoms with van der Waals surface area (Å²) in [7, 11) is 0. The molecule has 3 amide bonds. The van der Waals surface area contributed by atoms with E-state index >= 15 is 0 Å². The molecule has 0 aliphatic rings. The van der Waals surface area contributed by atoms with Crippen molar-refractivity contribution in [2.75, 3.05) is 19.6 Å². The van der Waals surface area contributed by atoms with Crippen LogP contribution in [0.4, 0.5) is 4.79 Å². The molecule has 0 aromatic carbocycles. The van der Waals surface area contributed by atoms with Crippen LogP contribution in [-0.4, -0.2) is 64.8 Å². The highest BCUT2D eigenvalue weighted by atomic mass is 16.4. The number of primary amides is 1. The summed E-state index contributed by atoms with van der Waals surface area (Å²) in [5.74, 6) is -2.89. The second-order valence-electron chi connectivity index (χ2n) is 3.99. The van der Waals surface area contributed by atoms with Crippen LogP contribution in [0.5, 0.6) is 0 Å². The molecule has 0 unspecified atom stereocenters. The second kappa shape index (κ2) is 18.2. The van der Waals surface area contributed by atoms with Gasteiger partial charge in [-0.05, 0) is 0 Å². The fraction of sp³-hybridized carbons (Fsp3) is 0.583. The molecule has 0 rings (SSSR count). The van der Waals surface area contributed by atoms with Crippen molar-refractivity contribution >= 4 is 29.8 Å². The molecule has 9 N–H and O–H groups in total. The highest BCUT2D eigenvalue weighted by molar-refractivity contribution is 5.74. The van der Waals surface area contributed by atoms with Gasteiger partial charge in [0, 0.05) is 26.6 Å². The van der Waals surface area contributed by atoms with Crippen LogP contribution in [0.3, 0.4) is 0 Å². The van der Waals surface area contributed by atoms with Crippen LogP contribution in [0.2, 0.25) is 0 Å². The van der Waals surface area contributed by atoms with Crippen LogP contribution < -0.4 is 22.1 Å². The molecule has 0 atom stereocenters. The van der Waals surface area contributed by atoms with Crippen molar-refractivity contribution in [1.29, 1.82) is 0 Å². The fourth-order valence-electron chi connectivity index (χ4n) is 0.762. The van der Waals surface area contributed by atoms with Gasteiger partial charge in [-0.25, -0.2) is 4.79 Å². The Morgan fingerprint density at radius 3 is 1.38 bits per heavy atom. The van der Waals surface area contributed by atoms with Gasteiger partial charge in [0.25, 0.3) is 0 Å². The molecule has 0 aliphatic heterocycles. The van der Waals surface area contributed by atoms with E-state index in [0.717, 1.165) is 0 Å². The molecule has 0 aromatic rings. The molecule has 0 fully saturated rings. The molecule has 0 saturated carbocycles. The Bertz CT molecular complexity index is 356. The van der Waals surface area contributed by atoms with Crippen molar-refractivity contribution in [2.24, 2.45) is 11.5 Å². The van der Waals surface area contributed by atoms with Crippen molar-refractivity contribution < 1.29 is 39.3 Å². The number of aliphatic carboxylic acids is 3. The van der Waals surface area contributed by atoms with Gasteiger partial charge < -0.3 is 37.4 Å². The standard InChI is InChI=1S/C5H9NO3.C4H8N2O3.C3H7NO2/c1-4(7)6-3-2-5(8)9;5-4(9)6-2-1-3(7)8;4-2-1-3(5)6/h2-3H2,1H3,(H,6,7)(H,8,9);1-2H2,(H,7,8)(H3,5,6,9);1-2,4H2,(H,5,6). The third kappa shape index (κ3) is 42.7. The minimum Gasteiger partial charge on any atom is -0.481 e. The molecular formula is C12H24N4O8. The van der Waals surface area contributed by atoms with Crippen molar-refractivity contribution in [3.8, 4) is 0 Å². The molecule has 12 nitrogen and oxygen atoms in total. The minimum absolute atomic E-state index is 0.0143. The van der Waals surface area contributed by atoms with Crippen LogP contribution in [0, 0.1) is 0 Å². The molecule has 0 aliphatic carbocycles. The van der Waals surface area contributed by atoms with Crippen molar-refractivity contribution in [3.05, 3.63) is 0 Å². The van der Waals surface area contributed by atoms with Gasteiger partial charge in [-0.3, -0.25) is 19.2 Å². The summed E-state index contributed by atoms with van der Waals surface area (Å²) in [5.41, 5.74) is 9.48. The summed E-state index contributed by atoms with van der Waals surface area (Å²) in [4.78, 5) is 49.2. The first-order valence-electron chi connectivity index (χ1n) is 6.66. The number of carbonyl (C=O) groups excluding carboxylic acids is 2. The third-order valence-corrected chi connectivity index (χ3v) is 1.71. The summed E-state index contributed by atoms with van der Waals surface area (Å²) >= 11 is 0. The number of carbonyl (C=O) groups is 5. The first-order chi connectivity index (χ1) is 11.0. The molecule has 0 aromatic heterocycles. The van der Waals surface area contributed by atoms with Gasteiger partial charge in [-0.2, -0.15) is 0 Å². The van der Waals surface area contributed by atoms with Gasteiger partial charge in [0.2, 0.25) is 5.91 Å². The number of nitrogens with two attached hydrogens (primary N) is 2. The van der Waals surface area contributed by atoms with Gasteiger partial charge in [-0.15, -0.1) is 0 Å². The average molecular weight is 352 g/mol. The van der Waals surface area contributed by atoms with Gasteiger partial charge in [0.15, 0.2) is 0 Å². The highest BCUT2D eigenvalue weighted by Gasteiger charge is 1.96. The number of carboxylic acid groups (broad SMARTS) is 3. The predicted molar refractivity (Wildman–Crippen MR) is 82.1 cm³/mol. The highest BCUT2D eigenvalue weighted by Crippen LogP contribution is 1.74. The topological polar surface area (TPSA) is 222 Å². The van der Waals surface area contributed by atoms with E-state index in [1.807, 2.05) is 0 Å². The largest absolute Gasteiger partial charge is 0.481 e. The Balaban J connectivity index is -0.000000282. The van der Waals surface area contributed by atoms with E-state index in [0.29, 0.717) is 0 Å². The van der Waals surface area contributed by atoms with E-state index in [-0.39, 0.29) is 44.8 Å². The van der Waals surface area contributed by atoms with Crippen LogP contribution in [0.15, 0.2) is 0 Å². The van der Waals surface area contributed by atoms with E-state index in [1.54, 1.807) is 0 Å². The smallest absolute Gasteiger partial charge is 0.312 e. The quantitative estimate of drug-likeness (QED) is 0.260. The fourth-order valence-corrected chi connectivity index (χ4v) is 0.762. The molecular weight excluding hydrogens is 328 g/mol. The van der Waals surface area contributed by atoms with Gasteiger partial charge >= 0.3 is 23.9 Å². The van der Waals surface area contributed by atoms with Crippen LogP contribution in [-0.2, 0) is 19.2 Å². The van der Waals surface area contributed by atoms with E-state index in [2.05, 4.69) is 16.4 Å². The normalized spacial score (nSPS) is 8.42. The molecule has 0 bridgehead atoms. The number of rotatable bonds is 8. The number of hydrogen-bond acceptors (Lipinski definition) is 6. The average Bonchev–Trinajstić information content (AvgIpc) is 2.38. The lowest BCUT2D eigenvalue weighted by atomic mass is 10.4. The lowest BCUT2D eigenvalue weighted by molar-refractivity contribution is -0.138. The van der Waals surface area contributed by atoms with Crippen LogP contribution >= 0.6 is 0 Å². The molecule has 0 heterocycles. The number of amides is 3. The Hall–Kier alpha value is -2.89. The lowest BCUT2D eigenvalue weighted by Gasteiger charge is -1.95. The Morgan fingerprint density at radius 2 is 1.17 bits per heavy atom.